The number of carbonyl (C=O) groups is 2. The van der Waals surface area contributed by atoms with Crippen molar-refractivity contribution in [3.63, 3.8) is 0 Å². The smallest absolute Gasteiger partial charge is 0.258 e. The van der Waals surface area contributed by atoms with E-state index in [1.807, 2.05) is 85.9 Å². The monoisotopic (exact) mass is 440 g/mol. The summed E-state index contributed by atoms with van der Waals surface area (Å²) in [5.74, 6) is -0.121. The number of anilines is 3. The van der Waals surface area contributed by atoms with E-state index in [9.17, 15) is 9.59 Å². The maximum absolute atomic E-state index is 12.9. The molecule has 3 aromatic rings. The molecule has 0 unspecified atom stereocenters. The highest BCUT2D eigenvalue weighted by Gasteiger charge is 2.28. The third-order valence-electron chi connectivity index (χ3n) is 5.62. The minimum absolute atomic E-state index is 0.0122. The van der Waals surface area contributed by atoms with Crippen LogP contribution < -0.4 is 20.9 Å². The molecular formula is C27H28N4O2. The molecule has 3 aromatic carbocycles. The van der Waals surface area contributed by atoms with E-state index in [-0.39, 0.29) is 11.8 Å². The first-order chi connectivity index (χ1) is 16.1. The molecule has 0 bridgehead atoms. The van der Waals surface area contributed by atoms with E-state index in [4.69, 9.17) is 0 Å². The molecule has 0 aromatic heterocycles. The predicted octanol–water partition coefficient (Wildman–Crippen LogP) is 4.58. The molecule has 3 N–H and O–H groups in total. The summed E-state index contributed by atoms with van der Waals surface area (Å²) in [5, 5.41) is 9.53. The van der Waals surface area contributed by atoms with Crippen LogP contribution in [0.25, 0.3) is 11.3 Å². The van der Waals surface area contributed by atoms with Crippen LogP contribution in [0.15, 0.2) is 78.9 Å². The largest absolute Gasteiger partial charge is 0.354 e. The van der Waals surface area contributed by atoms with E-state index in [2.05, 4.69) is 16.0 Å². The summed E-state index contributed by atoms with van der Waals surface area (Å²) in [7, 11) is 1.90. The van der Waals surface area contributed by atoms with E-state index in [1.54, 1.807) is 11.8 Å². The fourth-order valence-corrected chi connectivity index (χ4v) is 4.00. The van der Waals surface area contributed by atoms with E-state index in [1.165, 1.54) is 0 Å². The van der Waals surface area contributed by atoms with Gasteiger partial charge in [-0.3, -0.25) is 9.59 Å². The van der Waals surface area contributed by atoms with Gasteiger partial charge in [-0.2, -0.15) is 0 Å². The molecular weight excluding hydrogens is 412 g/mol. The molecule has 1 aliphatic rings. The maximum atomic E-state index is 12.9. The number of hydrogen-bond donors (Lipinski definition) is 3. The summed E-state index contributed by atoms with van der Waals surface area (Å²) in [6.07, 6.45) is 0.870. The highest BCUT2D eigenvalue weighted by Crippen LogP contribution is 2.37. The Balaban J connectivity index is 1.67. The SMILES string of the molecule is CNCCCN(C(C)=O)c1ccc(NC(=C2C(=O)Nc3ccccc32)c2ccccc2)cc1. The molecule has 33 heavy (non-hydrogen) atoms. The molecule has 6 heteroatoms. The summed E-state index contributed by atoms with van der Waals surface area (Å²) in [5.41, 5.74) is 5.63. The lowest BCUT2D eigenvalue weighted by atomic mass is 10.00. The van der Waals surface area contributed by atoms with Crippen LogP contribution in [0.1, 0.15) is 24.5 Å². The van der Waals surface area contributed by atoms with Crippen molar-refractivity contribution in [1.82, 2.24) is 5.32 Å². The average molecular weight is 441 g/mol. The predicted molar refractivity (Wildman–Crippen MR) is 135 cm³/mol. The van der Waals surface area contributed by atoms with Crippen LogP contribution >= 0.6 is 0 Å². The number of nitrogens with zero attached hydrogens (tertiary/aromatic N) is 1. The number of hydrogen-bond acceptors (Lipinski definition) is 4. The molecule has 0 atom stereocenters. The molecule has 0 spiro atoms. The number of fused-ring (bicyclic) bond motifs is 1. The van der Waals surface area contributed by atoms with Gasteiger partial charge in [0.25, 0.3) is 5.91 Å². The Morgan fingerprint density at radius 1 is 0.939 bits per heavy atom. The lowest BCUT2D eigenvalue weighted by Crippen LogP contribution is -2.31. The molecule has 0 saturated heterocycles. The van der Waals surface area contributed by atoms with Crippen molar-refractivity contribution < 1.29 is 9.59 Å². The van der Waals surface area contributed by atoms with Crippen LogP contribution in [0.4, 0.5) is 17.1 Å². The first-order valence-electron chi connectivity index (χ1n) is 11.1. The van der Waals surface area contributed by atoms with Gasteiger partial charge in [-0.05, 0) is 55.9 Å². The molecule has 6 nitrogen and oxygen atoms in total. The normalized spacial score (nSPS) is 13.8. The Labute approximate surface area is 194 Å². The van der Waals surface area contributed by atoms with Crippen LogP contribution in [-0.4, -0.2) is 32.0 Å². The van der Waals surface area contributed by atoms with Crippen molar-refractivity contribution in [3.05, 3.63) is 90.0 Å². The molecule has 0 saturated carbocycles. The first kappa shape index (κ1) is 22.3. The van der Waals surface area contributed by atoms with Crippen LogP contribution in [-0.2, 0) is 9.59 Å². The summed E-state index contributed by atoms with van der Waals surface area (Å²) in [4.78, 5) is 26.8. The van der Waals surface area contributed by atoms with Gasteiger partial charge in [0.2, 0.25) is 5.91 Å². The van der Waals surface area contributed by atoms with Gasteiger partial charge in [-0.15, -0.1) is 0 Å². The molecule has 2 amide bonds. The minimum atomic E-state index is -0.133. The van der Waals surface area contributed by atoms with E-state index < -0.39 is 0 Å². The van der Waals surface area contributed by atoms with Gasteiger partial charge < -0.3 is 20.9 Å². The Hall–Kier alpha value is -3.90. The van der Waals surface area contributed by atoms with E-state index >= 15 is 0 Å². The van der Waals surface area contributed by atoms with Gasteiger partial charge in [-0.1, -0.05) is 48.5 Å². The fourth-order valence-electron chi connectivity index (χ4n) is 4.00. The lowest BCUT2D eigenvalue weighted by Gasteiger charge is -2.22. The highest BCUT2D eigenvalue weighted by molar-refractivity contribution is 6.37. The molecule has 1 heterocycles. The topological polar surface area (TPSA) is 73.5 Å². The second kappa shape index (κ2) is 10.1. The summed E-state index contributed by atoms with van der Waals surface area (Å²) >= 11 is 0. The van der Waals surface area contributed by atoms with Crippen molar-refractivity contribution in [2.45, 2.75) is 13.3 Å². The molecule has 0 radical (unpaired) electrons. The third-order valence-corrected chi connectivity index (χ3v) is 5.62. The Morgan fingerprint density at radius 2 is 1.64 bits per heavy atom. The van der Waals surface area contributed by atoms with Gasteiger partial charge in [-0.25, -0.2) is 0 Å². The standard InChI is InChI=1S/C27H28N4O2/c1-19(32)31(18-8-17-28-2)22-15-13-21(14-16-22)29-26(20-9-4-3-5-10-20)25-23-11-6-7-12-24(23)30-27(25)33/h3-7,9-16,28-29H,8,17-18H2,1-2H3,(H,30,33). The second-order valence-electron chi connectivity index (χ2n) is 7.92. The molecule has 168 valence electrons. The maximum Gasteiger partial charge on any atom is 0.258 e. The second-order valence-corrected chi connectivity index (χ2v) is 7.92. The zero-order valence-electron chi connectivity index (χ0n) is 18.9. The van der Waals surface area contributed by atoms with Crippen molar-refractivity contribution >= 4 is 40.1 Å². The highest BCUT2D eigenvalue weighted by atomic mass is 16.2. The molecule has 1 aliphatic heterocycles. The van der Waals surface area contributed by atoms with Gasteiger partial charge in [0, 0.05) is 36.1 Å². The van der Waals surface area contributed by atoms with Crippen LogP contribution in [0, 0.1) is 0 Å². The number of rotatable bonds is 8. The Kier molecular flexibility index (Phi) is 6.86. The van der Waals surface area contributed by atoms with Gasteiger partial charge in [0.1, 0.15) is 0 Å². The first-order valence-corrected chi connectivity index (χ1v) is 11.1. The fraction of sp³-hybridized carbons (Fsp3) is 0.185. The van der Waals surface area contributed by atoms with Crippen LogP contribution in [0.2, 0.25) is 0 Å². The van der Waals surface area contributed by atoms with Crippen molar-refractivity contribution in [2.24, 2.45) is 0 Å². The van der Waals surface area contributed by atoms with Gasteiger partial charge >= 0.3 is 0 Å². The zero-order chi connectivity index (χ0) is 23.2. The zero-order valence-corrected chi connectivity index (χ0v) is 18.9. The van der Waals surface area contributed by atoms with Crippen molar-refractivity contribution in [3.8, 4) is 0 Å². The third kappa shape index (κ3) is 4.96. The number of benzene rings is 3. The summed E-state index contributed by atoms with van der Waals surface area (Å²) in [6, 6.07) is 25.3. The Morgan fingerprint density at radius 3 is 2.33 bits per heavy atom. The molecule has 4 rings (SSSR count). The molecule has 0 aliphatic carbocycles. The van der Waals surface area contributed by atoms with Crippen molar-refractivity contribution in [2.75, 3.05) is 35.7 Å². The number of nitrogens with one attached hydrogen (secondary N) is 3. The molecule has 0 fully saturated rings. The minimum Gasteiger partial charge on any atom is -0.354 e. The van der Waals surface area contributed by atoms with Gasteiger partial charge in [0.15, 0.2) is 0 Å². The van der Waals surface area contributed by atoms with E-state index in [0.29, 0.717) is 12.1 Å². The van der Waals surface area contributed by atoms with Gasteiger partial charge in [0.05, 0.1) is 11.3 Å². The summed E-state index contributed by atoms with van der Waals surface area (Å²) in [6.45, 7) is 3.08. The lowest BCUT2D eigenvalue weighted by molar-refractivity contribution is -0.116. The van der Waals surface area contributed by atoms with E-state index in [0.717, 1.165) is 46.9 Å². The summed E-state index contributed by atoms with van der Waals surface area (Å²) < 4.78 is 0. The Bertz CT molecular complexity index is 1170. The number of para-hydroxylation sites is 1. The van der Waals surface area contributed by atoms with Crippen molar-refractivity contribution in [1.29, 1.82) is 0 Å². The van der Waals surface area contributed by atoms with Crippen LogP contribution in [0.3, 0.4) is 0 Å². The number of carbonyl (C=O) groups excluding carboxylic acids is 2. The quantitative estimate of drug-likeness (QED) is 0.354. The van der Waals surface area contributed by atoms with Crippen LogP contribution in [0.5, 0.6) is 0 Å². The average Bonchev–Trinajstić information content (AvgIpc) is 3.17. The number of amides is 2.